The van der Waals surface area contributed by atoms with Crippen LogP contribution in [-0.4, -0.2) is 37.9 Å². The van der Waals surface area contributed by atoms with Crippen LogP contribution in [0, 0.1) is 0 Å². The van der Waals surface area contributed by atoms with Gasteiger partial charge in [0.15, 0.2) is 0 Å². The van der Waals surface area contributed by atoms with Gasteiger partial charge in [-0.1, -0.05) is 25.8 Å². The van der Waals surface area contributed by atoms with Crippen molar-refractivity contribution < 1.29 is 47.3 Å². The van der Waals surface area contributed by atoms with Gasteiger partial charge in [-0.3, -0.25) is 0 Å². The summed E-state index contributed by atoms with van der Waals surface area (Å²) in [7, 11) is -2.73. The van der Waals surface area contributed by atoms with Crippen LogP contribution in [-0.2, 0) is 10.1 Å². The Bertz CT molecular complexity index is 729. The monoisotopic (exact) mass is 375 g/mol. The number of anilines is 1. The molecule has 1 aliphatic heterocycles. The second kappa shape index (κ2) is 8.91. The fourth-order valence-corrected chi connectivity index (χ4v) is 3.88. The maximum absolute atomic E-state index is 11.3. The molecule has 0 unspecified atom stereocenters. The predicted octanol–water partition coefficient (Wildman–Crippen LogP) is 0.417. The molecule has 0 aliphatic carbocycles. The molecule has 1 aromatic rings. The van der Waals surface area contributed by atoms with Crippen LogP contribution in [0.15, 0.2) is 24.3 Å². The Hall–Kier alpha value is -0.530. The number of unbranched alkanes of at least 4 members (excludes halogenated alkanes) is 2. The SMILES string of the molecule is CCCCCN1c2cc(OC)ccc2C(CS(=O)(=O)[O-])=CC1(C)C.[Na+]. The summed E-state index contributed by atoms with van der Waals surface area (Å²) < 4.78 is 39.2. The van der Waals surface area contributed by atoms with Gasteiger partial charge >= 0.3 is 29.6 Å². The minimum absolute atomic E-state index is 0. The fourth-order valence-electron chi connectivity index (χ4n) is 3.26. The minimum atomic E-state index is -4.34. The molecule has 0 radical (unpaired) electrons. The Balaban J connectivity index is 0.00000312. The molecule has 0 bridgehead atoms. The Labute approximate surface area is 173 Å². The molecule has 0 saturated heterocycles. The normalized spacial score (nSPS) is 15.9. The van der Waals surface area contributed by atoms with Gasteiger partial charge < -0.3 is 14.2 Å². The molecule has 7 heteroatoms. The van der Waals surface area contributed by atoms with Crippen LogP contribution in [0.25, 0.3) is 5.57 Å². The van der Waals surface area contributed by atoms with Crippen LogP contribution in [0.4, 0.5) is 5.69 Å². The molecule has 1 heterocycles. The van der Waals surface area contributed by atoms with Crippen LogP contribution in [0.5, 0.6) is 5.75 Å². The summed E-state index contributed by atoms with van der Waals surface area (Å²) in [4.78, 5) is 2.27. The molecule has 0 amide bonds. The number of hydrogen-bond donors (Lipinski definition) is 0. The van der Waals surface area contributed by atoms with E-state index in [1.54, 1.807) is 13.2 Å². The van der Waals surface area contributed by atoms with Gasteiger partial charge in [0.2, 0.25) is 0 Å². The zero-order valence-corrected chi connectivity index (χ0v) is 18.6. The quantitative estimate of drug-likeness (QED) is 0.392. The number of fused-ring (bicyclic) bond motifs is 1. The van der Waals surface area contributed by atoms with Gasteiger partial charge in [0.1, 0.15) is 5.75 Å². The van der Waals surface area contributed by atoms with Crippen molar-refractivity contribution in [3.8, 4) is 5.75 Å². The second-order valence-electron chi connectivity index (χ2n) is 6.77. The van der Waals surface area contributed by atoms with E-state index < -0.39 is 15.9 Å². The van der Waals surface area contributed by atoms with Crippen LogP contribution >= 0.6 is 0 Å². The summed E-state index contributed by atoms with van der Waals surface area (Å²) in [5.74, 6) is 0.231. The van der Waals surface area contributed by atoms with Gasteiger partial charge in [0.25, 0.3) is 0 Å². The van der Waals surface area contributed by atoms with E-state index in [-0.39, 0.29) is 35.1 Å². The average Bonchev–Trinajstić information content (AvgIpc) is 2.47. The average molecular weight is 375 g/mol. The molecular formula is C18H26NNaO4S. The molecule has 25 heavy (non-hydrogen) atoms. The Morgan fingerprint density at radius 1 is 1.24 bits per heavy atom. The molecule has 5 nitrogen and oxygen atoms in total. The van der Waals surface area contributed by atoms with Crippen LogP contribution in [0.2, 0.25) is 0 Å². The van der Waals surface area contributed by atoms with Crippen molar-refractivity contribution in [2.45, 2.75) is 45.6 Å². The predicted molar refractivity (Wildman–Crippen MR) is 96.5 cm³/mol. The molecular weight excluding hydrogens is 349 g/mol. The Morgan fingerprint density at radius 2 is 1.92 bits per heavy atom. The molecule has 1 aromatic carbocycles. The smallest absolute Gasteiger partial charge is 0.748 e. The molecule has 0 N–H and O–H groups in total. The summed E-state index contributed by atoms with van der Waals surface area (Å²) in [6, 6.07) is 5.56. The van der Waals surface area contributed by atoms with Crippen LogP contribution < -0.4 is 39.2 Å². The molecule has 2 rings (SSSR count). The standard InChI is InChI=1S/C18H27NO4S.Na/c1-5-6-7-10-19-17-11-15(23-4)8-9-16(17)14(12-18(19,2)3)13-24(20,21)22;/h8-9,11-12H,5-7,10,13H2,1-4H3,(H,20,21,22);/q;+1/p-1. The fraction of sp³-hybridized carbons (Fsp3) is 0.556. The maximum atomic E-state index is 11.3. The number of nitrogens with zero attached hydrogens (tertiary/aromatic N) is 1. The number of ether oxygens (including phenoxy) is 1. The summed E-state index contributed by atoms with van der Waals surface area (Å²) in [6.45, 7) is 7.11. The van der Waals surface area contributed by atoms with Crippen molar-refractivity contribution in [2.75, 3.05) is 24.3 Å². The number of methoxy groups -OCH3 is 1. The molecule has 0 aromatic heterocycles. The third kappa shape index (κ3) is 5.73. The van der Waals surface area contributed by atoms with Crippen LogP contribution in [0.3, 0.4) is 0 Å². The van der Waals surface area contributed by atoms with Crippen molar-refractivity contribution in [1.29, 1.82) is 0 Å². The first-order chi connectivity index (χ1) is 11.2. The van der Waals surface area contributed by atoms with Gasteiger partial charge in [-0.25, -0.2) is 8.42 Å². The number of hydrogen-bond acceptors (Lipinski definition) is 5. The summed E-state index contributed by atoms with van der Waals surface area (Å²) in [5.41, 5.74) is 1.93. The Morgan fingerprint density at radius 3 is 2.48 bits per heavy atom. The van der Waals surface area contributed by atoms with Gasteiger partial charge in [0, 0.05) is 23.9 Å². The van der Waals surface area contributed by atoms with E-state index in [2.05, 4.69) is 11.8 Å². The number of benzene rings is 1. The van der Waals surface area contributed by atoms with Gasteiger partial charge in [-0.15, -0.1) is 0 Å². The number of rotatable bonds is 7. The largest absolute Gasteiger partial charge is 1.00 e. The summed E-state index contributed by atoms with van der Waals surface area (Å²) in [6.07, 6.45) is 5.23. The molecule has 0 spiro atoms. The minimum Gasteiger partial charge on any atom is -0.748 e. The van der Waals surface area contributed by atoms with Gasteiger partial charge in [-0.2, -0.15) is 0 Å². The third-order valence-corrected chi connectivity index (χ3v) is 5.05. The summed E-state index contributed by atoms with van der Waals surface area (Å²) >= 11 is 0. The second-order valence-corrected chi connectivity index (χ2v) is 8.17. The zero-order valence-electron chi connectivity index (χ0n) is 15.8. The van der Waals surface area contributed by atoms with E-state index in [4.69, 9.17) is 4.74 Å². The van der Waals surface area contributed by atoms with E-state index in [0.29, 0.717) is 5.57 Å². The van der Waals surface area contributed by atoms with Crippen molar-refractivity contribution >= 4 is 21.4 Å². The molecule has 0 saturated carbocycles. The van der Waals surface area contributed by atoms with Gasteiger partial charge in [0.05, 0.1) is 28.5 Å². The van der Waals surface area contributed by atoms with E-state index in [1.165, 1.54) is 0 Å². The van der Waals surface area contributed by atoms with Crippen molar-refractivity contribution in [2.24, 2.45) is 0 Å². The van der Waals surface area contributed by atoms with E-state index >= 15 is 0 Å². The molecule has 134 valence electrons. The van der Waals surface area contributed by atoms with E-state index in [0.717, 1.165) is 42.8 Å². The first kappa shape index (κ1) is 22.5. The first-order valence-corrected chi connectivity index (χ1v) is 9.87. The maximum Gasteiger partial charge on any atom is 1.00 e. The van der Waals surface area contributed by atoms with Crippen LogP contribution in [0.1, 0.15) is 45.6 Å². The van der Waals surface area contributed by atoms with E-state index in [1.807, 2.05) is 32.1 Å². The molecule has 0 fully saturated rings. The Kier molecular flexibility index (Phi) is 8.02. The van der Waals surface area contributed by atoms with Crippen molar-refractivity contribution in [3.05, 3.63) is 29.8 Å². The zero-order chi connectivity index (χ0) is 18.0. The van der Waals surface area contributed by atoms with Crippen molar-refractivity contribution in [3.63, 3.8) is 0 Å². The first-order valence-electron chi connectivity index (χ1n) is 8.29. The molecule has 0 atom stereocenters. The summed E-state index contributed by atoms with van der Waals surface area (Å²) in [5, 5.41) is 0. The van der Waals surface area contributed by atoms with Gasteiger partial charge in [-0.05, 0) is 38.0 Å². The topological polar surface area (TPSA) is 69.7 Å². The third-order valence-electron chi connectivity index (χ3n) is 4.38. The van der Waals surface area contributed by atoms with Crippen molar-refractivity contribution in [1.82, 2.24) is 0 Å². The molecule has 1 aliphatic rings. The van der Waals surface area contributed by atoms with E-state index in [9.17, 15) is 13.0 Å².